The number of rotatable bonds is 1. The van der Waals surface area contributed by atoms with Crippen LogP contribution in [-0.4, -0.2) is 12.7 Å². The van der Waals surface area contributed by atoms with Crippen LogP contribution in [0.2, 0.25) is 5.02 Å². The summed E-state index contributed by atoms with van der Waals surface area (Å²) in [5, 5.41) is 0.499. The molecule has 2 rings (SSSR count). The first-order valence-electron chi connectivity index (χ1n) is 4.94. The lowest BCUT2D eigenvalue weighted by molar-refractivity contribution is -0.0885. The molecule has 1 nitrogen and oxygen atoms in total. The van der Waals surface area contributed by atoms with Crippen molar-refractivity contribution in [1.29, 1.82) is 0 Å². The molecule has 1 aliphatic heterocycles. The molecule has 0 saturated heterocycles. The second-order valence-corrected chi connectivity index (χ2v) is 4.05. The molecule has 90 valence electrons. The predicted molar refractivity (Wildman–Crippen MR) is 62.1 cm³/mol. The van der Waals surface area contributed by atoms with Crippen LogP contribution in [0.15, 0.2) is 48.2 Å². The minimum Gasteiger partial charge on any atom is -0.344 e. The topological polar surface area (TPSA) is 3.24 Å². The van der Waals surface area contributed by atoms with Gasteiger partial charge in [-0.1, -0.05) is 29.8 Å². The van der Waals surface area contributed by atoms with Crippen LogP contribution in [0, 0.1) is 0 Å². The fraction of sp³-hybridized carbons (Fsp3) is 0.167. The van der Waals surface area contributed by atoms with Gasteiger partial charge in [-0.05, 0) is 18.2 Å². The van der Waals surface area contributed by atoms with E-state index < -0.39 is 11.7 Å². The zero-order chi connectivity index (χ0) is 12.5. The Bertz CT molecular complexity index is 477. The summed E-state index contributed by atoms with van der Waals surface area (Å²) < 4.78 is 37.6. The van der Waals surface area contributed by atoms with Crippen molar-refractivity contribution in [2.75, 3.05) is 11.4 Å². The highest BCUT2D eigenvalue weighted by Gasteiger charge is 2.33. The van der Waals surface area contributed by atoms with Crippen LogP contribution in [0.25, 0.3) is 0 Å². The highest BCUT2D eigenvalue weighted by atomic mass is 35.5. The van der Waals surface area contributed by atoms with Gasteiger partial charge >= 0.3 is 6.18 Å². The normalized spacial score (nSPS) is 16.0. The molecule has 0 fully saturated rings. The van der Waals surface area contributed by atoms with Crippen LogP contribution in [0.5, 0.6) is 0 Å². The van der Waals surface area contributed by atoms with Crippen molar-refractivity contribution in [1.82, 2.24) is 0 Å². The first-order valence-corrected chi connectivity index (χ1v) is 5.32. The third-order valence-electron chi connectivity index (χ3n) is 2.36. The Kier molecular flexibility index (Phi) is 3.15. The quantitative estimate of drug-likeness (QED) is 0.732. The van der Waals surface area contributed by atoms with Gasteiger partial charge in [-0.15, -0.1) is 0 Å². The van der Waals surface area contributed by atoms with Crippen molar-refractivity contribution in [3.8, 4) is 0 Å². The Labute approximate surface area is 102 Å². The monoisotopic (exact) mass is 259 g/mol. The molecule has 1 aliphatic rings. The van der Waals surface area contributed by atoms with Gasteiger partial charge in [-0.3, -0.25) is 0 Å². The van der Waals surface area contributed by atoms with Gasteiger partial charge in [-0.2, -0.15) is 13.2 Å². The van der Waals surface area contributed by atoms with Crippen molar-refractivity contribution >= 4 is 17.3 Å². The summed E-state index contributed by atoms with van der Waals surface area (Å²) in [7, 11) is 0. The van der Waals surface area contributed by atoms with Crippen LogP contribution in [-0.2, 0) is 0 Å². The second kappa shape index (κ2) is 4.45. The van der Waals surface area contributed by atoms with Gasteiger partial charge in [-0.25, -0.2) is 0 Å². The number of hydrogen-bond acceptors (Lipinski definition) is 1. The summed E-state index contributed by atoms with van der Waals surface area (Å²) in [6.45, 7) is 0.403. The van der Waals surface area contributed by atoms with Crippen LogP contribution in [0.4, 0.5) is 18.9 Å². The fourth-order valence-electron chi connectivity index (χ4n) is 1.56. The van der Waals surface area contributed by atoms with Crippen molar-refractivity contribution < 1.29 is 13.2 Å². The summed E-state index contributed by atoms with van der Waals surface area (Å²) in [6.07, 6.45) is -0.676. The van der Waals surface area contributed by atoms with Gasteiger partial charge in [0.05, 0.1) is 5.57 Å². The van der Waals surface area contributed by atoms with E-state index >= 15 is 0 Å². The van der Waals surface area contributed by atoms with E-state index in [1.807, 2.05) is 0 Å². The SMILES string of the molecule is FC(F)(F)C1=CN(c2cccc(Cl)c2)CC=C1. The number of halogens is 4. The molecule has 1 aromatic carbocycles. The molecule has 0 spiro atoms. The number of anilines is 1. The van der Waals surface area contributed by atoms with Crippen LogP contribution in [0.3, 0.4) is 0 Å². The predicted octanol–water partition coefficient (Wildman–Crippen LogP) is 4.16. The van der Waals surface area contributed by atoms with E-state index in [0.29, 0.717) is 17.3 Å². The van der Waals surface area contributed by atoms with E-state index in [1.54, 1.807) is 24.3 Å². The second-order valence-electron chi connectivity index (χ2n) is 3.62. The van der Waals surface area contributed by atoms with Gasteiger partial charge in [0, 0.05) is 23.5 Å². The Morgan fingerprint density at radius 3 is 2.65 bits per heavy atom. The minimum atomic E-state index is -4.33. The molecule has 1 aromatic rings. The third-order valence-corrected chi connectivity index (χ3v) is 2.60. The maximum atomic E-state index is 12.5. The number of allylic oxidation sites excluding steroid dienone is 2. The zero-order valence-electron chi connectivity index (χ0n) is 8.71. The number of nitrogens with zero attached hydrogens (tertiary/aromatic N) is 1. The first kappa shape index (κ1) is 12.0. The van der Waals surface area contributed by atoms with Gasteiger partial charge in [0.2, 0.25) is 0 Å². The highest BCUT2D eigenvalue weighted by Crippen LogP contribution is 2.30. The molecule has 5 heteroatoms. The van der Waals surface area contributed by atoms with E-state index in [1.165, 1.54) is 11.0 Å². The summed E-state index contributed by atoms with van der Waals surface area (Å²) in [6, 6.07) is 6.73. The molecule has 0 amide bonds. The maximum Gasteiger partial charge on any atom is 0.417 e. The van der Waals surface area contributed by atoms with Gasteiger partial charge < -0.3 is 4.90 Å². The lowest BCUT2D eigenvalue weighted by Crippen LogP contribution is -2.23. The number of alkyl halides is 3. The highest BCUT2D eigenvalue weighted by molar-refractivity contribution is 6.30. The van der Waals surface area contributed by atoms with Crippen molar-refractivity contribution in [3.05, 3.63) is 53.2 Å². The average Bonchev–Trinajstić information content (AvgIpc) is 2.28. The molecule has 0 atom stereocenters. The van der Waals surface area contributed by atoms with E-state index in [9.17, 15) is 13.2 Å². The molecule has 0 N–H and O–H groups in total. The van der Waals surface area contributed by atoms with E-state index in [2.05, 4.69) is 0 Å². The largest absolute Gasteiger partial charge is 0.417 e. The number of benzene rings is 1. The van der Waals surface area contributed by atoms with Crippen LogP contribution in [0.1, 0.15) is 0 Å². The Morgan fingerprint density at radius 1 is 1.24 bits per heavy atom. The maximum absolute atomic E-state index is 12.5. The molecular formula is C12H9ClF3N. The molecule has 17 heavy (non-hydrogen) atoms. The van der Waals surface area contributed by atoms with Crippen molar-refractivity contribution in [2.45, 2.75) is 6.18 Å². The third kappa shape index (κ3) is 2.82. The zero-order valence-corrected chi connectivity index (χ0v) is 9.46. The Morgan fingerprint density at radius 2 is 2.00 bits per heavy atom. The molecule has 0 aromatic heterocycles. The summed E-state index contributed by atoms with van der Waals surface area (Å²) in [5.74, 6) is 0. The van der Waals surface area contributed by atoms with Crippen LogP contribution >= 0.6 is 11.6 Å². The molecule has 0 saturated carbocycles. The molecule has 0 unspecified atom stereocenters. The summed E-state index contributed by atoms with van der Waals surface area (Å²) in [5.41, 5.74) is -0.0210. The molecule has 0 aliphatic carbocycles. The fourth-order valence-corrected chi connectivity index (χ4v) is 1.74. The lowest BCUT2D eigenvalue weighted by Gasteiger charge is -2.24. The van der Waals surface area contributed by atoms with Gasteiger partial charge in [0.15, 0.2) is 0 Å². The van der Waals surface area contributed by atoms with Gasteiger partial charge in [0.25, 0.3) is 0 Å². The van der Waals surface area contributed by atoms with Crippen molar-refractivity contribution in [3.63, 3.8) is 0 Å². The van der Waals surface area contributed by atoms with Gasteiger partial charge in [0.1, 0.15) is 0 Å². The average molecular weight is 260 g/mol. The van der Waals surface area contributed by atoms with Crippen LogP contribution < -0.4 is 4.90 Å². The van der Waals surface area contributed by atoms with E-state index in [0.717, 1.165) is 12.3 Å². The summed E-state index contributed by atoms with van der Waals surface area (Å²) in [4.78, 5) is 1.51. The van der Waals surface area contributed by atoms with E-state index in [-0.39, 0.29) is 0 Å². The van der Waals surface area contributed by atoms with E-state index in [4.69, 9.17) is 11.6 Å². The van der Waals surface area contributed by atoms with Crippen molar-refractivity contribution in [2.24, 2.45) is 0 Å². The molecule has 1 heterocycles. The molecule has 0 bridgehead atoms. The lowest BCUT2D eigenvalue weighted by atomic mass is 10.2. The number of hydrogen-bond donors (Lipinski definition) is 0. The summed E-state index contributed by atoms with van der Waals surface area (Å²) >= 11 is 5.80. The smallest absolute Gasteiger partial charge is 0.344 e. The Hall–Kier alpha value is -1.42. The first-order chi connectivity index (χ1) is 7.97. The standard InChI is InChI=1S/C12H9ClF3N/c13-10-4-1-5-11(7-10)17-6-2-3-9(8-17)12(14,15)16/h1-5,7-8H,6H2. The molecular weight excluding hydrogens is 251 g/mol. The Balaban J connectivity index is 2.30. The minimum absolute atomic E-state index is 0.403. The molecule has 0 radical (unpaired) electrons.